The smallest absolute Gasteiger partial charge is 0.404 e. The van der Waals surface area contributed by atoms with Crippen LogP contribution in [0, 0.1) is 12.8 Å². The number of nitrogens with zero attached hydrogens (tertiary/aromatic N) is 3. The number of carboxylic acid groups (broad SMARTS) is 1. The van der Waals surface area contributed by atoms with E-state index >= 15 is 0 Å². The van der Waals surface area contributed by atoms with Crippen LogP contribution in [0.3, 0.4) is 0 Å². The third-order valence-corrected chi connectivity index (χ3v) is 5.91. The van der Waals surface area contributed by atoms with E-state index in [1.807, 2.05) is 60.1 Å². The molecule has 2 aromatic heterocycles. The number of nitrogens with one attached hydrogen (secondary N) is 1. The fourth-order valence-electron chi connectivity index (χ4n) is 3.86. The predicted molar refractivity (Wildman–Crippen MR) is 130 cm³/mol. The molecule has 9 heteroatoms. The van der Waals surface area contributed by atoms with Gasteiger partial charge in [0.2, 0.25) is 11.8 Å². The highest BCUT2D eigenvalue weighted by molar-refractivity contribution is 5.78. The van der Waals surface area contributed by atoms with Crippen LogP contribution in [0.2, 0.25) is 0 Å². The van der Waals surface area contributed by atoms with Crippen LogP contribution in [0.1, 0.15) is 30.9 Å². The molecule has 0 unspecified atom stereocenters. The van der Waals surface area contributed by atoms with E-state index in [2.05, 4.69) is 10.4 Å². The van der Waals surface area contributed by atoms with Crippen molar-refractivity contribution in [2.75, 3.05) is 13.2 Å². The highest BCUT2D eigenvalue weighted by atomic mass is 16.5. The lowest BCUT2D eigenvalue weighted by atomic mass is 10.2. The lowest BCUT2D eigenvalue weighted by Crippen LogP contribution is -2.35. The van der Waals surface area contributed by atoms with Crippen molar-refractivity contribution in [1.29, 1.82) is 0 Å². The third-order valence-electron chi connectivity index (χ3n) is 5.91. The van der Waals surface area contributed by atoms with Gasteiger partial charge in [-0.15, -0.1) is 5.10 Å². The van der Waals surface area contributed by atoms with Crippen molar-refractivity contribution in [3.05, 3.63) is 59.7 Å². The molecule has 0 saturated heterocycles. The summed E-state index contributed by atoms with van der Waals surface area (Å²) in [6.07, 6.45) is 1.37. The van der Waals surface area contributed by atoms with Crippen LogP contribution in [0.25, 0.3) is 22.7 Å². The Labute approximate surface area is 202 Å². The minimum atomic E-state index is -1.10. The third kappa shape index (κ3) is 5.40. The lowest BCUT2D eigenvalue weighted by Gasteiger charge is -2.11. The second-order valence-corrected chi connectivity index (χ2v) is 8.99. The molecule has 1 aliphatic rings. The molecular weight excluding hydrogens is 448 g/mol. The van der Waals surface area contributed by atoms with Gasteiger partial charge in [-0.1, -0.05) is 30.3 Å². The van der Waals surface area contributed by atoms with Gasteiger partial charge in [0.05, 0.1) is 19.2 Å². The molecule has 1 saturated carbocycles. The maximum atomic E-state index is 10.9. The molecule has 1 atom stereocenters. The Morgan fingerprint density at radius 2 is 2.03 bits per heavy atom. The quantitative estimate of drug-likeness (QED) is 0.336. The van der Waals surface area contributed by atoms with Crippen molar-refractivity contribution in [2.24, 2.45) is 5.92 Å². The summed E-state index contributed by atoms with van der Waals surface area (Å²) < 4.78 is 19.8. The Bertz CT molecular complexity index is 1330. The maximum absolute atomic E-state index is 10.9. The summed E-state index contributed by atoms with van der Waals surface area (Å²) >= 11 is 0. The zero-order valence-corrected chi connectivity index (χ0v) is 19.7. The summed E-state index contributed by atoms with van der Waals surface area (Å²) in [4.78, 5) is 15.6. The Morgan fingerprint density at radius 1 is 1.23 bits per heavy atom. The van der Waals surface area contributed by atoms with Gasteiger partial charge in [0.15, 0.2) is 5.58 Å². The average Bonchev–Trinajstić information content (AvgIpc) is 3.49. The Kier molecular flexibility index (Phi) is 6.31. The van der Waals surface area contributed by atoms with E-state index < -0.39 is 12.1 Å². The van der Waals surface area contributed by atoms with E-state index in [0.29, 0.717) is 35.5 Å². The van der Waals surface area contributed by atoms with Crippen molar-refractivity contribution in [3.8, 4) is 23.2 Å². The molecule has 0 aliphatic heterocycles. The van der Waals surface area contributed by atoms with E-state index in [0.717, 1.165) is 29.0 Å². The second-order valence-electron chi connectivity index (χ2n) is 8.99. The largest absolute Gasteiger partial charge is 0.493 e. The lowest BCUT2D eigenvalue weighted by molar-refractivity contribution is 0.182. The zero-order valence-electron chi connectivity index (χ0n) is 19.7. The molecule has 35 heavy (non-hydrogen) atoms. The molecule has 0 radical (unpaired) electrons. The van der Waals surface area contributed by atoms with Gasteiger partial charge in [0, 0.05) is 11.6 Å². The molecule has 0 bridgehead atoms. The molecule has 182 valence electrons. The fraction of sp³-hybridized carbons (Fsp3) is 0.346. The van der Waals surface area contributed by atoms with Gasteiger partial charge in [0.1, 0.15) is 23.6 Å². The van der Waals surface area contributed by atoms with Gasteiger partial charge < -0.3 is 24.3 Å². The first-order chi connectivity index (χ1) is 17.0. The maximum Gasteiger partial charge on any atom is 0.404 e. The number of hydrogen-bond donors (Lipinski definition) is 2. The van der Waals surface area contributed by atoms with Crippen LogP contribution >= 0.6 is 0 Å². The van der Waals surface area contributed by atoms with Crippen molar-refractivity contribution < 1.29 is 23.8 Å². The van der Waals surface area contributed by atoms with Gasteiger partial charge >= 0.3 is 6.09 Å². The first-order valence-corrected chi connectivity index (χ1v) is 11.7. The summed E-state index contributed by atoms with van der Waals surface area (Å²) in [5.74, 6) is 2.28. The summed E-state index contributed by atoms with van der Waals surface area (Å²) in [6.45, 7) is 5.00. The molecule has 0 spiro atoms. The Morgan fingerprint density at radius 3 is 2.77 bits per heavy atom. The first kappa shape index (κ1) is 22.8. The van der Waals surface area contributed by atoms with Crippen molar-refractivity contribution in [3.63, 3.8) is 0 Å². The molecule has 1 amide bonds. The molecular formula is C26H28N4O5. The molecule has 1 fully saturated rings. The zero-order chi connectivity index (χ0) is 24.4. The number of aromatic nitrogens is 3. The van der Waals surface area contributed by atoms with E-state index in [-0.39, 0.29) is 6.61 Å². The SMILES string of the molecule is Cc1c(OC[C@H](C)NC(=O)O)nn(Cc2ccccc2)c1-c1nc2ccc(OCC3CC3)cc2o1. The first-order valence-electron chi connectivity index (χ1n) is 11.7. The Balaban J connectivity index is 1.46. The van der Waals surface area contributed by atoms with Crippen LogP contribution in [-0.2, 0) is 6.54 Å². The van der Waals surface area contributed by atoms with Gasteiger partial charge in [-0.3, -0.25) is 4.68 Å². The number of carbonyl (C=O) groups is 1. The minimum Gasteiger partial charge on any atom is -0.493 e. The van der Waals surface area contributed by atoms with Crippen LogP contribution in [0.4, 0.5) is 4.79 Å². The van der Waals surface area contributed by atoms with E-state index in [9.17, 15) is 4.79 Å². The number of ether oxygens (including phenoxy) is 2. The highest BCUT2D eigenvalue weighted by Gasteiger charge is 2.24. The van der Waals surface area contributed by atoms with Crippen molar-refractivity contribution in [1.82, 2.24) is 20.1 Å². The number of oxazole rings is 1. The standard InChI is InChI=1S/C26H28N4O5/c1-16(27-26(31)32)14-34-24-17(2)23(30(29-24)13-18-6-4-3-5-7-18)25-28-21-11-10-20(12-22(21)35-25)33-15-19-8-9-19/h3-7,10-12,16,19,27H,8-9,13-15H2,1-2H3,(H,31,32)/t16-/m0/s1. The van der Waals surface area contributed by atoms with Crippen LogP contribution in [-0.4, -0.2) is 45.2 Å². The number of rotatable bonds is 10. The highest BCUT2D eigenvalue weighted by Crippen LogP contribution is 2.34. The summed E-state index contributed by atoms with van der Waals surface area (Å²) in [5.41, 5.74) is 3.91. The summed E-state index contributed by atoms with van der Waals surface area (Å²) in [7, 11) is 0. The Hall–Kier alpha value is -4.01. The molecule has 9 nitrogen and oxygen atoms in total. The molecule has 2 aromatic carbocycles. The van der Waals surface area contributed by atoms with Crippen LogP contribution in [0.5, 0.6) is 11.6 Å². The molecule has 2 N–H and O–H groups in total. The molecule has 1 aliphatic carbocycles. The number of amides is 1. The van der Waals surface area contributed by atoms with Crippen molar-refractivity contribution in [2.45, 2.75) is 39.3 Å². The molecule has 2 heterocycles. The topological polar surface area (TPSA) is 112 Å². The van der Waals surface area contributed by atoms with Gasteiger partial charge in [0.25, 0.3) is 0 Å². The monoisotopic (exact) mass is 476 g/mol. The van der Waals surface area contributed by atoms with Crippen LogP contribution < -0.4 is 14.8 Å². The van der Waals surface area contributed by atoms with E-state index in [1.165, 1.54) is 12.8 Å². The van der Waals surface area contributed by atoms with Crippen molar-refractivity contribution >= 4 is 17.2 Å². The minimum absolute atomic E-state index is 0.143. The fourth-order valence-corrected chi connectivity index (χ4v) is 3.86. The number of benzene rings is 2. The molecule has 4 aromatic rings. The summed E-state index contributed by atoms with van der Waals surface area (Å²) in [6, 6.07) is 15.3. The number of hydrogen-bond acceptors (Lipinski definition) is 6. The van der Waals surface area contributed by atoms with E-state index in [4.69, 9.17) is 24.0 Å². The predicted octanol–water partition coefficient (Wildman–Crippen LogP) is 4.87. The van der Waals surface area contributed by atoms with Gasteiger partial charge in [-0.25, -0.2) is 9.78 Å². The molecule has 5 rings (SSSR count). The van der Waals surface area contributed by atoms with Gasteiger partial charge in [-0.05, 0) is 50.3 Å². The normalized spacial score (nSPS) is 14.1. The second kappa shape index (κ2) is 9.69. The van der Waals surface area contributed by atoms with Crippen LogP contribution in [0.15, 0.2) is 52.9 Å². The number of fused-ring (bicyclic) bond motifs is 1. The van der Waals surface area contributed by atoms with Gasteiger partial charge in [-0.2, -0.15) is 0 Å². The van der Waals surface area contributed by atoms with E-state index in [1.54, 1.807) is 6.92 Å². The average molecular weight is 477 g/mol. The summed E-state index contributed by atoms with van der Waals surface area (Å²) in [5, 5.41) is 16.0.